The number of hydrogen-bond donors (Lipinski definition) is 1. The predicted octanol–water partition coefficient (Wildman–Crippen LogP) is 2.92. The number of carbonyl (C=O) groups excluding carboxylic acids is 3. The molecule has 0 aliphatic carbocycles. The van der Waals surface area contributed by atoms with Crippen molar-refractivity contribution >= 4 is 35.2 Å². The van der Waals surface area contributed by atoms with Gasteiger partial charge in [0.1, 0.15) is 6.04 Å². The molecular formula is C22H25N3O3S. The first-order valence-electron chi connectivity index (χ1n) is 9.43. The maximum Gasteiger partial charge on any atom is 0.255 e. The van der Waals surface area contributed by atoms with Gasteiger partial charge in [-0.3, -0.25) is 14.4 Å². The first-order valence-corrected chi connectivity index (χ1v) is 10.6. The Morgan fingerprint density at radius 1 is 1.07 bits per heavy atom. The van der Waals surface area contributed by atoms with Crippen molar-refractivity contribution in [1.82, 2.24) is 9.80 Å². The zero-order valence-corrected chi connectivity index (χ0v) is 17.7. The highest BCUT2D eigenvalue weighted by Crippen LogP contribution is 2.24. The summed E-state index contributed by atoms with van der Waals surface area (Å²) in [5.41, 5.74) is 3.28. The number of para-hydroxylation sites is 1. The second kappa shape index (κ2) is 9.13. The Labute approximate surface area is 175 Å². The highest BCUT2D eigenvalue weighted by molar-refractivity contribution is 7.99. The average Bonchev–Trinajstić information content (AvgIpc) is 3.20. The molecule has 1 N–H and O–H groups in total. The number of benzene rings is 2. The van der Waals surface area contributed by atoms with Gasteiger partial charge in [-0.15, -0.1) is 11.8 Å². The molecule has 2 aromatic carbocycles. The zero-order chi connectivity index (χ0) is 21.0. The van der Waals surface area contributed by atoms with Gasteiger partial charge in [0, 0.05) is 24.1 Å². The number of nitrogens with zero attached hydrogens (tertiary/aromatic N) is 2. The van der Waals surface area contributed by atoms with Crippen LogP contribution in [0.3, 0.4) is 0 Å². The lowest BCUT2D eigenvalue weighted by molar-refractivity contribution is -0.136. The van der Waals surface area contributed by atoms with Crippen LogP contribution in [0.15, 0.2) is 48.5 Å². The van der Waals surface area contributed by atoms with E-state index in [0.29, 0.717) is 17.2 Å². The molecule has 1 aliphatic heterocycles. The van der Waals surface area contributed by atoms with Crippen molar-refractivity contribution < 1.29 is 14.4 Å². The third kappa shape index (κ3) is 4.79. The standard InChI is InChI=1S/C22H25N3O3S/c1-15-8-7-9-16(2)20(15)23-19(26)12-24(3)22(28)18-13-29-14-25(18)21(27)17-10-5-4-6-11-17/h4-11,18H,12-14H2,1-3H3,(H,23,26)/t18-/m0/s1. The molecule has 3 rings (SSSR count). The van der Waals surface area contributed by atoms with Gasteiger partial charge < -0.3 is 15.1 Å². The molecule has 152 valence electrons. The quantitative estimate of drug-likeness (QED) is 0.821. The topological polar surface area (TPSA) is 69.7 Å². The van der Waals surface area contributed by atoms with E-state index >= 15 is 0 Å². The molecule has 1 atom stereocenters. The van der Waals surface area contributed by atoms with Crippen molar-refractivity contribution in [3.05, 3.63) is 65.2 Å². The van der Waals surface area contributed by atoms with Crippen LogP contribution >= 0.6 is 11.8 Å². The summed E-state index contributed by atoms with van der Waals surface area (Å²) in [4.78, 5) is 41.2. The highest BCUT2D eigenvalue weighted by Gasteiger charge is 2.37. The number of amides is 3. The van der Waals surface area contributed by atoms with Gasteiger partial charge in [-0.25, -0.2) is 0 Å². The minimum Gasteiger partial charge on any atom is -0.335 e. The smallest absolute Gasteiger partial charge is 0.255 e. The molecule has 0 aromatic heterocycles. The van der Waals surface area contributed by atoms with Gasteiger partial charge in [-0.1, -0.05) is 36.4 Å². The van der Waals surface area contributed by atoms with E-state index in [1.165, 1.54) is 4.90 Å². The van der Waals surface area contributed by atoms with Gasteiger partial charge in [-0.05, 0) is 37.1 Å². The Bertz CT molecular complexity index is 897. The Balaban J connectivity index is 1.64. The monoisotopic (exact) mass is 411 g/mol. The Kier molecular flexibility index (Phi) is 6.59. The van der Waals surface area contributed by atoms with Crippen LogP contribution in [0.2, 0.25) is 0 Å². The summed E-state index contributed by atoms with van der Waals surface area (Å²) in [7, 11) is 1.60. The maximum atomic E-state index is 13.0. The lowest BCUT2D eigenvalue weighted by Gasteiger charge is -2.27. The summed E-state index contributed by atoms with van der Waals surface area (Å²) in [5.74, 6) is 0.343. The summed E-state index contributed by atoms with van der Waals surface area (Å²) in [6.07, 6.45) is 0. The molecule has 0 radical (unpaired) electrons. The van der Waals surface area contributed by atoms with Crippen LogP contribution in [0.5, 0.6) is 0 Å². The number of anilines is 1. The predicted molar refractivity (Wildman–Crippen MR) is 116 cm³/mol. The lowest BCUT2D eigenvalue weighted by atomic mass is 10.1. The Morgan fingerprint density at radius 3 is 2.38 bits per heavy atom. The van der Waals surface area contributed by atoms with Crippen LogP contribution in [-0.4, -0.2) is 58.8 Å². The van der Waals surface area contributed by atoms with E-state index in [2.05, 4.69) is 5.32 Å². The van der Waals surface area contributed by atoms with Crippen LogP contribution in [0, 0.1) is 13.8 Å². The largest absolute Gasteiger partial charge is 0.335 e. The van der Waals surface area contributed by atoms with Gasteiger partial charge in [-0.2, -0.15) is 0 Å². The van der Waals surface area contributed by atoms with Gasteiger partial charge in [0.2, 0.25) is 11.8 Å². The molecule has 6 nitrogen and oxygen atoms in total. The van der Waals surface area contributed by atoms with E-state index in [-0.39, 0.29) is 24.3 Å². The molecule has 7 heteroatoms. The van der Waals surface area contributed by atoms with Gasteiger partial charge in [0.15, 0.2) is 0 Å². The number of hydrogen-bond acceptors (Lipinski definition) is 4. The molecular weight excluding hydrogens is 386 g/mol. The van der Waals surface area contributed by atoms with Crippen LogP contribution in [0.1, 0.15) is 21.5 Å². The molecule has 0 unspecified atom stereocenters. The molecule has 1 fully saturated rings. The Hall–Kier alpha value is -2.80. The van der Waals surface area contributed by atoms with Crippen molar-refractivity contribution in [2.24, 2.45) is 0 Å². The van der Waals surface area contributed by atoms with Crippen LogP contribution in [0.25, 0.3) is 0 Å². The molecule has 1 heterocycles. The van der Waals surface area contributed by atoms with Crippen molar-refractivity contribution in [3.63, 3.8) is 0 Å². The van der Waals surface area contributed by atoms with Gasteiger partial charge in [0.25, 0.3) is 5.91 Å². The lowest BCUT2D eigenvalue weighted by Crippen LogP contribution is -2.49. The van der Waals surface area contributed by atoms with Crippen LogP contribution in [-0.2, 0) is 9.59 Å². The summed E-state index contributed by atoms with van der Waals surface area (Å²) in [5, 5.41) is 2.90. The minimum atomic E-state index is -0.564. The van der Waals surface area contributed by atoms with E-state index < -0.39 is 6.04 Å². The second-order valence-corrected chi connectivity index (χ2v) is 8.17. The third-order valence-electron chi connectivity index (χ3n) is 4.95. The number of carbonyl (C=O) groups is 3. The molecule has 3 amide bonds. The molecule has 2 aromatic rings. The fourth-order valence-corrected chi connectivity index (χ4v) is 4.48. The molecule has 0 spiro atoms. The maximum absolute atomic E-state index is 13.0. The zero-order valence-electron chi connectivity index (χ0n) is 16.8. The molecule has 0 saturated carbocycles. The molecule has 1 saturated heterocycles. The normalized spacial score (nSPS) is 15.8. The second-order valence-electron chi connectivity index (χ2n) is 7.17. The van der Waals surface area contributed by atoms with Gasteiger partial charge in [0.05, 0.1) is 12.4 Å². The van der Waals surface area contributed by atoms with E-state index in [4.69, 9.17) is 0 Å². The van der Waals surface area contributed by atoms with E-state index in [9.17, 15) is 14.4 Å². The SMILES string of the molecule is Cc1cccc(C)c1NC(=O)CN(C)C(=O)[C@@H]1CSCN1C(=O)c1ccccc1. The molecule has 1 aliphatic rings. The van der Waals surface area contributed by atoms with Crippen molar-refractivity contribution in [3.8, 4) is 0 Å². The fourth-order valence-electron chi connectivity index (χ4n) is 3.33. The van der Waals surface area contributed by atoms with E-state index in [1.54, 1.807) is 48.0 Å². The summed E-state index contributed by atoms with van der Waals surface area (Å²) < 4.78 is 0. The number of thioether (sulfide) groups is 1. The number of nitrogens with one attached hydrogen (secondary N) is 1. The van der Waals surface area contributed by atoms with Crippen molar-refractivity contribution in [1.29, 1.82) is 0 Å². The first-order chi connectivity index (χ1) is 13.9. The minimum absolute atomic E-state index is 0.0683. The van der Waals surface area contributed by atoms with Gasteiger partial charge >= 0.3 is 0 Å². The molecule has 29 heavy (non-hydrogen) atoms. The average molecular weight is 412 g/mol. The van der Waals surface area contributed by atoms with Crippen molar-refractivity contribution in [2.75, 3.05) is 30.5 Å². The van der Waals surface area contributed by atoms with E-state index in [1.807, 2.05) is 38.1 Å². The molecule has 0 bridgehead atoms. The van der Waals surface area contributed by atoms with Crippen LogP contribution < -0.4 is 5.32 Å². The number of rotatable bonds is 5. The summed E-state index contributed by atoms with van der Waals surface area (Å²) >= 11 is 1.54. The number of aryl methyl sites for hydroxylation is 2. The highest BCUT2D eigenvalue weighted by atomic mass is 32.2. The first kappa shape index (κ1) is 20.9. The van der Waals surface area contributed by atoms with Crippen molar-refractivity contribution in [2.45, 2.75) is 19.9 Å². The number of likely N-dealkylation sites (N-methyl/N-ethyl adjacent to an activating group) is 1. The summed E-state index contributed by atoms with van der Waals surface area (Å²) in [6.45, 7) is 3.79. The fraction of sp³-hybridized carbons (Fsp3) is 0.318. The van der Waals surface area contributed by atoms with Crippen LogP contribution in [0.4, 0.5) is 5.69 Å². The Morgan fingerprint density at radius 2 is 1.72 bits per heavy atom. The summed E-state index contributed by atoms with van der Waals surface area (Å²) in [6, 6.07) is 14.2. The van der Waals surface area contributed by atoms with E-state index in [0.717, 1.165) is 16.8 Å². The third-order valence-corrected chi connectivity index (χ3v) is 5.96.